The maximum absolute atomic E-state index is 6.00. The van der Waals surface area contributed by atoms with Crippen LogP contribution in [0.2, 0.25) is 0 Å². The number of nitrogens with two attached hydrogens (primary N) is 1. The van der Waals surface area contributed by atoms with Crippen LogP contribution in [0.4, 0.5) is 0 Å². The second-order valence-corrected chi connectivity index (χ2v) is 5.96. The highest BCUT2D eigenvalue weighted by molar-refractivity contribution is 7.15. The molecular weight excluding hydrogens is 270 g/mol. The van der Waals surface area contributed by atoms with Crippen molar-refractivity contribution in [2.45, 2.75) is 39.2 Å². The van der Waals surface area contributed by atoms with Crippen molar-refractivity contribution < 1.29 is 0 Å². The van der Waals surface area contributed by atoms with Crippen LogP contribution < -0.4 is 5.73 Å². The summed E-state index contributed by atoms with van der Waals surface area (Å²) < 4.78 is 4.24. The van der Waals surface area contributed by atoms with Gasteiger partial charge in [-0.15, -0.1) is 11.3 Å². The van der Waals surface area contributed by atoms with Gasteiger partial charge in [-0.25, -0.2) is 9.97 Å². The number of imidazole rings is 2. The van der Waals surface area contributed by atoms with Gasteiger partial charge in [-0.05, 0) is 13.3 Å². The van der Waals surface area contributed by atoms with Crippen LogP contribution >= 0.6 is 11.3 Å². The molecule has 106 valence electrons. The Morgan fingerprint density at radius 2 is 2.25 bits per heavy atom. The van der Waals surface area contributed by atoms with Crippen LogP contribution in [0.5, 0.6) is 0 Å². The Morgan fingerprint density at radius 1 is 1.40 bits per heavy atom. The van der Waals surface area contributed by atoms with Crippen molar-refractivity contribution in [1.82, 2.24) is 18.9 Å². The van der Waals surface area contributed by atoms with Gasteiger partial charge in [0.05, 0.1) is 5.69 Å². The minimum atomic E-state index is 0.103. The fraction of sp³-hybridized carbons (Fsp3) is 0.429. The summed E-state index contributed by atoms with van der Waals surface area (Å²) >= 11 is 1.64. The minimum absolute atomic E-state index is 0.103. The molecule has 0 saturated heterocycles. The molecule has 0 bridgehead atoms. The molecule has 0 saturated carbocycles. The van der Waals surface area contributed by atoms with Gasteiger partial charge in [0.15, 0.2) is 10.8 Å². The molecule has 0 aliphatic heterocycles. The lowest BCUT2D eigenvalue weighted by Gasteiger charge is -2.09. The van der Waals surface area contributed by atoms with E-state index in [0.29, 0.717) is 0 Å². The summed E-state index contributed by atoms with van der Waals surface area (Å²) in [5.74, 6) is 2.03. The molecular formula is C14H19N5S. The zero-order valence-electron chi connectivity index (χ0n) is 11.8. The molecule has 3 rings (SSSR count). The van der Waals surface area contributed by atoms with Crippen LogP contribution in [0.25, 0.3) is 10.8 Å². The fourth-order valence-electron chi connectivity index (χ4n) is 2.44. The molecule has 0 aromatic carbocycles. The first kappa shape index (κ1) is 13.3. The molecule has 3 aromatic heterocycles. The van der Waals surface area contributed by atoms with E-state index >= 15 is 0 Å². The van der Waals surface area contributed by atoms with Crippen molar-refractivity contribution in [3.63, 3.8) is 0 Å². The highest BCUT2D eigenvalue weighted by Crippen LogP contribution is 2.23. The maximum Gasteiger partial charge on any atom is 0.195 e. The smallest absolute Gasteiger partial charge is 0.195 e. The third kappa shape index (κ3) is 2.25. The lowest BCUT2D eigenvalue weighted by molar-refractivity contribution is 0.707. The second kappa shape index (κ2) is 5.38. The molecule has 3 heterocycles. The number of hydrogen-bond donors (Lipinski definition) is 1. The van der Waals surface area contributed by atoms with Gasteiger partial charge in [0.1, 0.15) is 5.82 Å². The Morgan fingerprint density at radius 3 is 3.00 bits per heavy atom. The van der Waals surface area contributed by atoms with Gasteiger partial charge in [-0.2, -0.15) is 0 Å². The number of hydrogen-bond acceptors (Lipinski definition) is 4. The highest BCUT2D eigenvalue weighted by Gasteiger charge is 2.17. The third-order valence-electron chi connectivity index (χ3n) is 3.27. The van der Waals surface area contributed by atoms with Crippen molar-refractivity contribution in [2.24, 2.45) is 5.73 Å². The second-order valence-electron chi connectivity index (χ2n) is 5.08. The molecule has 6 heteroatoms. The van der Waals surface area contributed by atoms with E-state index in [1.807, 2.05) is 19.3 Å². The molecule has 0 spiro atoms. The van der Waals surface area contributed by atoms with Gasteiger partial charge in [-0.1, -0.05) is 6.92 Å². The number of aryl methyl sites for hydroxylation is 1. The van der Waals surface area contributed by atoms with E-state index in [-0.39, 0.29) is 6.04 Å². The third-order valence-corrected chi connectivity index (χ3v) is 4.03. The van der Waals surface area contributed by atoms with Crippen molar-refractivity contribution in [3.8, 4) is 5.82 Å². The van der Waals surface area contributed by atoms with Crippen molar-refractivity contribution in [1.29, 1.82) is 0 Å². The zero-order chi connectivity index (χ0) is 14.1. The first-order valence-corrected chi connectivity index (χ1v) is 7.81. The number of thiazole rings is 1. The van der Waals surface area contributed by atoms with Crippen LogP contribution in [0.3, 0.4) is 0 Å². The molecule has 2 N–H and O–H groups in total. The molecule has 0 aliphatic rings. The van der Waals surface area contributed by atoms with Crippen LogP contribution in [-0.4, -0.2) is 25.0 Å². The first-order valence-electron chi connectivity index (χ1n) is 6.93. The average molecular weight is 289 g/mol. The van der Waals surface area contributed by atoms with Gasteiger partial charge in [0.25, 0.3) is 0 Å². The van der Waals surface area contributed by atoms with E-state index in [1.165, 1.54) is 0 Å². The Labute approximate surface area is 122 Å². The van der Waals surface area contributed by atoms with E-state index in [4.69, 9.17) is 10.7 Å². The minimum Gasteiger partial charge on any atom is -0.328 e. The lowest BCUT2D eigenvalue weighted by Crippen LogP contribution is -2.20. The molecule has 0 fully saturated rings. The van der Waals surface area contributed by atoms with Gasteiger partial charge in [-0.3, -0.25) is 8.97 Å². The summed E-state index contributed by atoms with van der Waals surface area (Å²) in [7, 11) is 0. The molecule has 0 radical (unpaired) electrons. The quantitative estimate of drug-likeness (QED) is 0.784. The van der Waals surface area contributed by atoms with E-state index < -0.39 is 0 Å². The van der Waals surface area contributed by atoms with Crippen LogP contribution in [-0.2, 0) is 12.8 Å². The number of fused-ring (bicyclic) bond motifs is 1. The van der Waals surface area contributed by atoms with E-state index in [9.17, 15) is 0 Å². The number of rotatable bonds is 5. The van der Waals surface area contributed by atoms with Crippen molar-refractivity contribution >= 4 is 16.3 Å². The zero-order valence-corrected chi connectivity index (χ0v) is 12.6. The summed E-state index contributed by atoms with van der Waals surface area (Å²) in [5, 5.41) is 2.05. The van der Waals surface area contributed by atoms with Crippen molar-refractivity contribution in [3.05, 3.63) is 35.5 Å². The number of aromatic nitrogens is 4. The van der Waals surface area contributed by atoms with Gasteiger partial charge >= 0.3 is 0 Å². The normalized spacial score (nSPS) is 13.2. The molecule has 5 nitrogen and oxygen atoms in total. The summed E-state index contributed by atoms with van der Waals surface area (Å²) in [4.78, 5) is 10.2. The molecule has 0 aliphatic carbocycles. The summed E-state index contributed by atoms with van der Waals surface area (Å²) in [6.45, 7) is 4.18. The predicted octanol–water partition coefficient (Wildman–Crippen LogP) is 2.42. The van der Waals surface area contributed by atoms with E-state index in [0.717, 1.165) is 41.6 Å². The highest BCUT2D eigenvalue weighted by atomic mass is 32.1. The predicted molar refractivity (Wildman–Crippen MR) is 81.5 cm³/mol. The van der Waals surface area contributed by atoms with Gasteiger partial charge < -0.3 is 5.73 Å². The molecule has 3 aromatic rings. The summed E-state index contributed by atoms with van der Waals surface area (Å²) in [5.41, 5.74) is 7.16. The van der Waals surface area contributed by atoms with Crippen LogP contribution in [0, 0.1) is 0 Å². The maximum atomic E-state index is 6.00. The SMILES string of the molecule is CCCc1nccn1-c1nc2sccn2c1CC(C)N. The average Bonchev–Trinajstić information content (AvgIpc) is 3.06. The van der Waals surface area contributed by atoms with E-state index in [1.54, 1.807) is 11.3 Å². The Hall–Kier alpha value is -1.66. The fourth-order valence-corrected chi connectivity index (χ4v) is 3.17. The molecule has 1 atom stereocenters. The Balaban J connectivity index is 2.14. The molecule has 20 heavy (non-hydrogen) atoms. The standard InChI is InChI=1S/C14H19N5S/c1-3-4-12-16-5-6-19(12)13-11(9-10(2)15)18-7-8-20-14(18)17-13/h5-8,10H,3-4,9,15H2,1-2H3. The largest absolute Gasteiger partial charge is 0.328 e. The lowest BCUT2D eigenvalue weighted by atomic mass is 10.2. The summed E-state index contributed by atoms with van der Waals surface area (Å²) in [6, 6.07) is 0.103. The van der Waals surface area contributed by atoms with E-state index in [2.05, 4.69) is 32.5 Å². The topological polar surface area (TPSA) is 61.1 Å². The van der Waals surface area contributed by atoms with Crippen LogP contribution in [0.1, 0.15) is 31.8 Å². The molecule has 0 amide bonds. The monoisotopic (exact) mass is 289 g/mol. The van der Waals surface area contributed by atoms with Crippen molar-refractivity contribution in [2.75, 3.05) is 0 Å². The number of nitrogens with zero attached hydrogens (tertiary/aromatic N) is 4. The van der Waals surface area contributed by atoms with Gasteiger partial charge in [0.2, 0.25) is 0 Å². The van der Waals surface area contributed by atoms with Crippen LogP contribution in [0.15, 0.2) is 24.0 Å². The Bertz CT molecular complexity index is 706. The van der Waals surface area contributed by atoms with Gasteiger partial charge in [0, 0.05) is 42.9 Å². The Kier molecular flexibility index (Phi) is 3.58. The molecule has 1 unspecified atom stereocenters. The summed E-state index contributed by atoms with van der Waals surface area (Å²) in [6.07, 6.45) is 8.72. The first-order chi connectivity index (χ1) is 9.70.